The molecule has 1 fully saturated rings. The molecule has 0 heterocycles. The Kier molecular flexibility index (Phi) is 3.97. The van der Waals surface area contributed by atoms with Gasteiger partial charge < -0.3 is 5.11 Å². The number of rotatable bonds is 5. The molecule has 1 N–H and O–H groups in total. The van der Waals surface area contributed by atoms with Crippen LogP contribution in [0.15, 0.2) is 35.5 Å². The van der Waals surface area contributed by atoms with E-state index < -0.39 is 11.4 Å². The molecule has 3 nitrogen and oxygen atoms in total. The molecule has 0 spiro atoms. The molecule has 1 saturated carbocycles. The summed E-state index contributed by atoms with van der Waals surface area (Å²) in [4.78, 5) is 24.6. The van der Waals surface area contributed by atoms with Gasteiger partial charge in [0.2, 0.25) is 0 Å². The van der Waals surface area contributed by atoms with Gasteiger partial charge >= 0.3 is 5.97 Å². The molecule has 0 radical (unpaired) electrons. The summed E-state index contributed by atoms with van der Waals surface area (Å²) in [5, 5.41) is 10.1. The quantitative estimate of drug-likeness (QED) is 0.776. The molecule has 0 aliphatic heterocycles. The van der Waals surface area contributed by atoms with Gasteiger partial charge in [-0.2, -0.15) is 0 Å². The highest BCUT2D eigenvalue weighted by Crippen LogP contribution is 2.77. The van der Waals surface area contributed by atoms with E-state index in [9.17, 15) is 14.7 Å². The molecule has 0 aromatic heterocycles. The van der Waals surface area contributed by atoms with E-state index >= 15 is 0 Å². The molecule has 120 valence electrons. The zero-order valence-electron chi connectivity index (χ0n) is 14.2. The van der Waals surface area contributed by atoms with Crippen LogP contribution in [0.3, 0.4) is 0 Å². The fourth-order valence-corrected chi connectivity index (χ4v) is 4.90. The normalized spacial score (nSPS) is 34.0. The molecule has 22 heavy (non-hydrogen) atoms. The number of carbonyl (C=O) groups excluding carboxylic acids is 1. The average Bonchev–Trinajstić information content (AvgIpc) is 2.85. The first kappa shape index (κ1) is 16.7. The van der Waals surface area contributed by atoms with Crippen LogP contribution in [0.5, 0.6) is 0 Å². The minimum Gasteiger partial charge on any atom is -0.481 e. The summed E-state index contributed by atoms with van der Waals surface area (Å²) in [7, 11) is 0. The van der Waals surface area contributed by atoms with Crippen molar-refractivity contribution < 1.29 is 14.7 Å². The molecule has 0 aromatic rings. The van der Waals surface area contributed by atoms with Crippen LogP contribution in [0.4, 0.5) is 0 Å². The molecule has 0 saturated heterocycles. The van der Waals surface area contributed by atoms with Crippen LogP contribution in [0.2, 0.25) is 0 Å². The Hall–Kier alpha value is -1.64. The first-order valence-corrected chi connectivity index (χ1v) is 7.87. The van der Waals surface area contributed by atoms with Crippen LogP contribution >= 0.6 is 0 Å². The molecule has 2 aliphatic rings. The van der Waals surface area contributed by atoms with Gasteiger partial charge in [0, 0.05) is 18.3 Å². The number of carbonyl (C=O) groups is 2. The maximum absolute atomic E-state index is 12.3. The zero-order chi connectivity index (χ0) is 16.9. The van der Waals surface area contributed by atoms with E-state index in [1.807, 2.05) is 40.7 Å². The third kappa shape index (κ3) is 1.87. The van der Waals surface area contributed by atoms with E-state index in [1.165, 1.54) is 0 Å². The molecule has 3 heteroatoms. The van der Waals surface area contributed by atoms with Gasteiger partial charge in [0.1, 0.15) is 0 Å². The molecule has 3 atom stereocenters. The minimum absolute atomic E-state index is 0.0154. The lowest BCUT2D eigenvalue weighted by molar-refractivity contribution is -0.147. The Labute approximate surface area is 132 Å². The predicted octanol–water partition coefficient (Wildman–Crippen LogP) is 4.16. The van der Waals surface area contributed by atoms with E-state index in [4.69, 9.17) is 0 Å². The predicted molar refractivity (Wildman–Crippen MR) is 87.4 cm³/mol. The third-order valence-electron chi connectivity index (χ3n) is 6.05. The lowest BCUT2D eigenvalue weighted by atomic mass is 9.77. The van der Waals surface area contributed by atoms with Crippen LogP contribution in [0.1, 0.15) is 47.5 Å². The van der Waals surface area contributed by atoms with Crippen molar-refractivity contribution in [2.24, 2.45) is 22.7 Å². The fraction of sp³-hybridized carbons (Fsp3) is 0.579. The Morgan fingerprint density at radius 2 is 2.05 bits per heavy atom. The summed E-state index contributed by atoms with van der Waals surface area (Å²) < 4.78 is 0. The number of aliphatic carboxylic acids is 1. The maximum atomic E-state index is 12.3. The minimum atomic E-state index is -0.869. The zero-order valence-corrected chi connectivity index (χ0v) is 14.2. The smallest absolute Gasteiger partial charge is 0.311 e. The highest BCUT2D eigenvalue weighted by Gasteiger charge is 2.79. The number of ketones is 1. The Balaban J connectivity index is 2.55. The second kappa shape index (κ2) is 5.22. The Morgan fingerprint density at radius 1 is 1.45 bits per heavy atom. The van der Waals surface area contributed by atoms with E-state index in [0.29, 0.717) is 12.8 Å². The standard InChI is InChI=1S/C19H26O3/c1-7-9-13-12(4)14(10-15(13)20)19(17(21)22)16(11(3)8-2)18(19,5)6/h7-8,14,16H,1,9-10H2,2-6H3,(H,21,22)/b11-8+/t14-,16-,19+/m1/s1. The largest absolute Gasteiger partial charge is 0.481 e. The van der Waals surface area contributed by atoms with Crippen LogP contribution in [0.25, 0.3) is 0 Å². The SMILES string of the molecule is C=CCC1=C(C)[C@H]([C@@]2(C(=O)O)[C@H](/C(C)=C/C)C2(C)C)CC1=O. The molecule has 0 bridgehead atoms. The van der Waals surface area contributed by atoms with Gasteiger partial charge in [0.15, 0.2) is 5.78 Å². The summed E-state index contributed by atoms with van der Waals surface area (Å²) in [6.07, 6.45) is 4.57. The third-order valence-corrected chi connectivity index (χ3v) is 6.05. The van der Waals surface area contributed by atoms with Gasteiger partial charge in [-0.1, -0.05) is 37.1 Å². The van der Waals surface area contributed by atoms with Crippen LogP contribution in [-0.4, -0.2) is 16.9 Å². The first-order valence-electron chi connectivity index (χ1n) is 7.87. The summed E-state index contributed by atoms with van der Waals surface area (Å²) in [5.41, 5.74) is 1.61. The van der Waals surface area contributed by atoms with E-state index in [-0.39, 0.29) is 23.0 Å². The number of carboxylic acids is 1. The lowest BCUT2D eigenvalue weighted by Gasteiger charge is -2.24. The summed E-state index contributed by atoms with van der Waals surface area (Å²) in [5.74, 6) is -0.913. The van der Waals surface area contributed by atoms with Crippen molar-refractivity contribution in [3.05, 3.63) is 35.5 Å². The molecule has 2 rings (SSSR count). The van der Waals surface area contributed by atoms with Gasteiger partial charge in [-0.15, -0.1) is 6.58 Å². The van der Waals surface area contributed by atoms with Gasteiger partial charge in [-0.25, -0.2) is 0 Å². The summed E-state index contributed by atoms with van der Waals surface area (Å²) in [6, 6.07) is 0. The molecule has 0 unspecified atom stereocenters. The maximum Gasteiger partial charge on any atom is 0.311 e. The summed E-state index contributed by atoms with van der Waals surface area (Å²) >= 11 is 0. The van der Waals surface area contributed by atoms with Crippen molar-refractivity contribution in [3.63, 3.8) is 0 Å². The first-order chi connectivity index (χ1) is 10.2. The van der Waals surface area contributed by atoms with Crippen molar-refractivity contribution in [1.29, 1.82) is 0 Å². The highest BCUT2D eigenvalue weighted by atomic mass is 16.4. The molecule has 0 amide bonds. The number of hydrogen-bond acceptors (Lipinski definition) is 2. The second-order valence-corrected chi connectivity index (χ2v) is 7.20. The number of carboxylic acid groups (broad SMARTS) is 1. The van der Waals surface area contributed by atoms with Crippen LogP contribution in [-0.2, 0) is 9.59 Å². The number of Topliss-reactive ketones (excluding diaryl/α,β-unsaturated/α-hetero) is 1. The topological polar surface area (TPSA) is 54.4 Å². The van der Waals surface area contributed by atoms with Gasteiger partial charge in [-0.3, -0.25) is 9.59 Å². The van der Waals surface area contributed by atoms with Crippen molar-refractivity contribution in [2.45, 2.75) is 47.5 Å². The van der Waals surface area contributed by atoms with Crippen molar-refractivity contribution in [2.75, 3.05) is 0 Å². The van der Waals surface area contributed by atoms with Gasteiger partial charge in [0.25, 0.3) is 0 Å². The van der Waals surface area contributed by atoms with E-state index in [0.717, 1.165) is 16.7 Å². The number of allylic oxidation sites excluding steroid dienone is 5. The molecule has 0 aromatic carbocycles. The van der Waals surface area contributed by atoms with Gasteiger partial charge in [-0.05, 0) is 38.2 Å². The monoisotopic (exact) mass is 302 g/mol. The van der Waals surface area contributed by atoms with Crippen molar-refractivity contribution in [1.82, 2.24) is 0 Å². The fourth-order valence-electron chi connectivity index (χ4n) is 4.90. The van der Waals surface area contributed by atoms with Crippen molar-refractivity contribution in [3.8, 4) is 0 Å². The molecular formula is C19H26O3. The lowest BCUT2D eigenvalue weighted by Crippen LogP contribution is -2.31. The van der Waals surface area contributed by atoms with Gasteiger partial charge in [0.05, 0.1) is 5.41 Å². The Bertz CT molecular complexity index is 606. The number of hydrogen-bond donors (Lipinski definition) is 1. The average molecular weight is 302 g/mol. The van der Waals surface area contributed by atoms with Crippen molar-refractivity contribution >= 4 is 11.8 Å². The Morgan fingerprint density at radius 3 is 2.50 bits per heavy atom. The highest BCUT2D eigenvalue weighted by molar-refractivity contribution is 6.01. The van der Waals surface area contributed by atoms with Crippen LogP contribution < -0.4 is 0 Å². The van der Waals surface area contributed by atoms with Crippen LogP contribution in [0, 0.1) is 22.7 Å². The molecule has 2 aliphatic carbocycles. The molecular weight excluding hydrogens is 276 g/mol. The van der Waals surface area contributed by atoms with E-state index in [2.05, 4.69) is 6.58 Å². The summed E-state index contributed by atoms with van der Waals surface area (Å²) in [6.45, 7) is 13.6. The second-order valence-electron chi connectivity index (χ2n) is 7.20. The van der Waals surface area contributed by atoms with E-state index in [1.54, 1.807) is 6.08 Å².